The molecule has 4 N–H and O–H groups in total. The lowest BCUT2D eigenvalue weighted by molar-refractivity contribution is -0.120. The largest absolute Gasteiger partial charge is 0.354 e. The highest BCUT2D eigenvalue weighted by atomic mass is 32.2. The van der Waals surface area contributed by atoms with Gasteiger partial charge in [0.1, 0.15) is 0 Å². The minimum atomic E-state index is -3.48. The lowest BCUT2D eigenvalue weighted by Crippen LogP contribution is -2.37. The van der Waals surface area contributed by atoms with Crippen LogP contribution in [0.1, 0.15) is 6.92 Å². The van der Waals surface area contributed by atoms with E-state index in [4.69, 9.17) is 5.14 Å². The number of carbonyl (C=O) groups excluding carboxylic acids is 1. The average Bonchev–Trinajstić information content (AvgIpc) is 1.98. The molecular weight excluding hydrogens is 194 g/mol. The molecule has 7 heteroatoms. The van der Waals surface area contributed by atoms with Gasteiger partial charge in [-0.15, -0.1) is 0 Å². The van der Waals surface area contributed by atoms with Crippen LogP contribution in [0, 0.1) is 0 Å². The Bertz CT molecular complexity index is 250. The number of primary sulfonamides is 1. The molecule has 0 aromatic rings. The summed E-state index contributed by atoms with van der Waals surface area (Å²) in [5.74, 6) is -0.462. The second-order valence-corrected chi connectivity index (χ2v) is 4.23. The lowest BCUT2D eigenvalue weighted by Gasteiger charge is -2.03. The summed E-state index contributed by atoms with van der Waals surface area (Å²) in [6.45, 7) is 2.82. The standard InChI is InChI=1S/C6H15N3O3S/c1-2-8-5-6(10)9-3-4-13(7,11)12/h8H,2-5H2,1H3,(H,9,10)(H2,7,11,12). The molecule has 0 heterocycles. The summed E-state index contributed by atoms with van der Waals surface area (Å²) >= 11 is 0. The van der Waals surface area contributed by atoms with Crippen molar-refractivity contribution in [2.75, 3.05) is 25.4 Å². The van der Waals surface area contributed by atoms with E-state index in [2.05, 4.69) is 10.6 Å². The van der Waals surface area contributed by atoms with E-state index in [1.165, 1.54) is 0 Å². The van der Waals surface area contributed by atoms with Crippen LogP contribution in [0.5, 0.6) is 0 Å². The van der Waals surface area contributed by atoms with Gasteiger partial charge >= 0.3 is 0 Å². The molecule has 13 heavy (non-hydrogen) atoms. The summed E-state index contributed by atoms with van der Waals surface area (Å²) in [4.78, 5) is 10.9. The Morgan fingerprint density at radius 2 is 2.08 bits per heavy atom. The van der Waals surface area contributed by atoms with E-state index in [-0.39, 0.29) is 24.7 Å². The van der Waals surface area contributed by atoms with E-state index >= 15 is 0 Å². The normalized spacial score (nSPS) is 11.2. The van der Waals surface area contributed by atoms with Crippen LogP contribution >= 0.6 is 0 Å². The van der Waals surface area contributed by atoms with Crippen LogP contribution < -0.4 is 15.8 Å². The van der Waals surface area contributed by atoms with Crippen molar-refractivity contribution in [3.05, 3.63) is 0 Å². The van der Waals surface area contributed by atoms with Crippen LogP contribution in [0.25, 0.3) is 0 Å². The maximum atomic E-state index is 10.9. The van der Waals surface area contributed by atoms with Crippen molar-refractivity contribution in [2.45, 2.75) is 6.92 Å². The molecule has 0 aromatic heterocycles. The Hall–Kier alpha value is -0.660. The number of nitrogens with one attached hydrogen (secondary N) is 2. The fourth-order valence-corrected chi connectivity index (χ4v) is 1.02. The molecule has 1 amide bonds. The molecule has 0 aliphatic heterocycles. The van der Waals surface area contributed by atoms with Crippen LogP contribution in [0.4, 0.5) is 0 Å². The Morgan fingerprint density at radius 1 is 1.46 bits per heavy atom. The first-order valence-electron chi connectivity index (χ1n) is 3.93. The number of amides is 1. The van der Waals surface area contributed by atoms with E-state index < -0.39 is 10.0 Å². The summed E-state index contributed by atoms with van der Waals surface area (Å²) in [5.41, 5.74) is 0. The summed E-state index contributed by atoms with van der Waals surface area (Å²) in [6.07, 6.45) is 0. The van der Waals surface area contributed by atoms with Gasteiger partial charge in [0.2, 0.25) is 15.9 Å². The van der Waals surface area contributed by atoms with Gasteiger partial charge in [-0.05, 0) is 6.54 Å². The van der Waals surface area contributed by atoms with E-state index in [0.29, 0.717) is 6.54 Å². The van der Waals surface area contributed by atoms with Crippen LogP contribution in [-0.4, -0.2) is 39.7 Å². The molecule has 0 rings (SSSR count). The number of nitrogens with two attached hydrogens (primary N) is 1. The molecule has 0 aliphatic carbocycles. The fraction of sp³-hybridized carbons (Fsp3) is 0.833. The van der Waals surface area contributed by atoms with E-state index in [9.17, 15) is 13.2 Å². The Morgan fingerprint density at radius 3 is 2.54 bits per heavy atom. The third-order valence-electron chi connectivity index (χ3n) is 1.24. The van der Waals surface area contributed by atoms with E-state index in [1.54, 1.807) is 0 Å². The summed E-state index contributed by atoms with van der Waals surface area (Å²) in [5, 5.41) is 9.94. The van der Waals surface area contributed by atoms with Gasteiger partial charge in [-0.1, -0.05) is 6.92 Å². The van der Waals surface area contributed by atoms with Gasteiger partial charge in [0.25, 0.3) is 0 Å². The molecule has 0 aromatic carbocycles. The molecule has 0 saturated carbocycles. The topological polar surface area (TPSA) is 101 Å². The van der Waals surface area contributed by atoms with Gasteiger partial charge < -0.3 is 10.6 Å². The minimum Gasteiger partial charge on any atom is -0.354 e. The van der Waals surface area contributed by atoms with Gasteiger partial charge in [-0.3, -0.25) is 4.79 Å². The van der Waals surface area contributed by atoms with Crippen LogP contribution in [0.3, 0.4) is 0 Å². The number of hydrogen-bond donors (Lipinski definition) is 3. The SMILES string of the molecule is CCNCC(=O)NCCS(N)(=O)=O. The van der Waals surface area contributed by atoms with Crippen molar-refractivity contribution in [3.63, 3.8) is 0 Å². The molecule has 6 nitrogen and oxygen atoms in total. The predicted molar refractivity (Wildman–Crippen MR) is 49.5 cm³/mol. The highest BCUT2D eigenvalue weighted by Gasteiger charge is 2.03. The first-order chi connectivity index (χ1) is 5.95. The van der Waals surface area contributed by atoms with Crippen molar-refractivity contribution >= 4 is 15.9 Å². The van der Waals surface area contributed by atoms with E-state index in [1.807, 2.05) is 6.92 Å². The third kappa shape index (κ3) is 9.25. The first kappa shape index (κ1) is 12.3. The number of hydrogen-bond acceptors (Lipinski definition) is 4. The number of carbonyl (C=O) groups is 1. The highest BCUT2D eigenvalue weighted by molar-refractivity contribution is 7.89. The second-order valence-electron chi connectivity index (χ2n) is 2.50. The Balaban J connectivity index is 3.49. The van der Waals surface area contributed by atoms with Crippen molar-refractivity contribution in [1.29, 1.82) is 0 Å². The van der Waals surface area contributed by atoms with Crippen LogP contribution in [0.15, 0.2) is 0 Å². The van der Waals surface area contributed by atoms with Gasteiger partial charge in [-0.25, -0.2) is 13.6 Å². The third-order valence-corrected chi connectivity index (χ3v) is 2.02. The van der Waals surface area contributed by atoms with Gasteiger partial charge in [0, 0.05) is 6.54 Å². The monoisotopic (exact) mass is 209 g/mol. The average molecular weight is 209 g/mol. The molecule has 0 bridgehead atoms. The smallest absolute Gasteiger partial charge is 0.233 e. The van der Waals surface area contributed by atoms with E-state index in [0.717, 1.165) is 0 Å². The zero-order valence-corrected chi connectivity index (χ0v) is 8.36. The highest BCUT2D eigenvalue weighted by Crippen LogP contribution is 1.74. The number of rotatable bonds is 6. The maximum Gasteiger partial charge on any atom is 0.233 e. The van der Waals surface area contributed by atoms with Crippen molar-refractivity contribution in [1.82, 2.24) is 10.6 Å². The molecule has 78 valence electrons. The van der Waals surface area contributed by atoms with Crippen molar-refractivity contribution in [3.8, 4) is 0 Å². The van der Waals surface area contributed by atoms with Gasteiger partial charge in [0.05, 0.1) is 12.3 Å². The maximum absolute atomic E-state index is 10.9. The molecule has 0 unspecified atom stereocenters. The predicted octanol–water partition coefficient (Wildman–Crippen LogP) is -2.00. The summed E-state index contributed by atoms with van der Waals surface area (Å²) in [7, 11) is -3.48. The zero-order valence-electron chi connectivity index (χ0n) is 7.54. The summed E-state index contributed by atoms with van der Waals surface area (Å²) in [6, 6.07) is 0. The molecular formula is C6H15N3O3S. The van der Waals surface area contributed by atoms with Gasteiger partial charge in [0.15, 0.2) is 0 Å². The van der Waals surface area contributed by atoms with Gasteiger partial charge in [-0.2, -0.15) is 0 Å². The molecule has 0 fully saturated rings. The fourth-order valence-electron chi connectivity index (χ4n) is 0.634. The molecule has 0 saturated heterocycles. The van der Waals surface area contributed by atoms with Crippen LogP contribution in [-0.2, 0) is 14.8 Å². The van der Waals surface area contributed by atoms with Crippen LogP contribution in [0.2, 0.25) is 0 Å². The molecule has 0 spiro atoms. The molecule has 0 atom stereocenters. The minimum absolute atomic E-state index is 0.0586. The summed E-state index contributed by atoms with van der Waals surface area (Å²) < 4.78 is 20.9. The first-order valence-corrected chi connectivity index (χ1v) is 5.65. The Kier molecular flexibility index (Phi) is 5.60. The number of sulfonamides is 1. The zero-order chi connectivity index (χ0) is 10.3. The lowest BCUT2D eigenvalue weighted by atomic mass is 10.5. The molecule has 0 radical (unpaired) electrons. The molecule has 0 aliphatic rings. The van der Waals surface area contributed by atoms with Crippen molar-refractivity contribution < 1.29 is 13.2 Å². The quantitative estimate of drug-likeness (QED) is 0.471. The second kappa shape index (κ2) is 5.90. The Labute approximate surface area is 77.9 Å². The number of likely N-dealkylation sites (N-methyl/N-ethyl adjacent to an activating group) is 1. The van der Waals surface area contributed by atoms with Crippen molar-refractivity contribution in [2.24, 2.45) is 5.14 Å².